The molecule has 0 saturated heterocycles. The number of para-hydroxylation sites is 2. The molecule has 0 saturated carbocycles. The summed E-state index contributed by atoms with van der Waals surface area (Å²) in [6.07, 6.45) is 0. The molecule has 2 aromatic heterocycles. The molecule has 0 aliphatic rings. The number of aromatic amines is 1. The summed E-state index contributed by atoms with van der Waals surface area (Å²) in [5.74, 6) is 0. The molecule has 0 aliphatic carbocycles. The topological polar surface area (TPSA) is 20.7 Å². The summed E-state index contributed by atoms with van der Waals surface area (Å²) in [4.78, 5) is 3.46. The Morgan fingerprint density at radius 1 is 0.413 bits per heavy atom. The van der Waals surface area contributed by atoms with E-state index in [2.05, 4.69) is 191 Å². The van der Waals surface area contributed by atoms with Crippen LogP contribution in [0.15, 0.2) is 140 Å². The second kappa shape index (κ2) is 11.4. The molecule has 6 aromatic carbocycles. The molecule has 0 bridgehead atoms. The quantitative estimate of drug-likeness (QED) is 0.204. The third-order valence-electron chi connectivity index (χ3n) is 9.12. The molecule has 0 fully saturated rings. The van der Waals surface area contributed by atoms with Crippen molar-refractivity contribution in [3.05, 3.63) is 151 Å². The Morgan fingerprint density at radius 3 is 1.72 bits per heavy atom. The number of hydrogen-bond donors (Lipinski definition) is 1. The Hall–Kier alpha value is -5.08. The first-order chi connectivity index (χ1) is 22.1. The minimum absolute atomic E-state index is 0.130. The molecule has 0 amide bonds. The van der Waals surface area contributed by atoms with Gasteiger partial charge in [0.15, 0.2) is 0 Å². The summed E-state index contributed by atoms with van der Waals surface area (Å²) in [6.45, 7) is 13.6. The summed E-state index contributed by atoms with van der Waals surface area (Å²) in [5, 5.41) is 5.26. The fourth-order valence-corrected chi connectivity index (χ4v) is 6.49. The molecule has 1 N–H and O–H groups in total. The van der Waals surface area contributed by atoms with E-state index in [-0.39, 0.29) is 10.8 Å². The van der Waals surface area contributed by atoms with E-state index in [1.54, 1.807) is 0 Å². The maximum absolute atomic E-state index is 3.46. The molecule has 0 aliphatic heterocycles. The van der Waals surface area contributed by atoms with Crippen LogP contribution in [0.3, 0.4) is 0 Å². The van der Waals surface area contributed by atoms with Gasteiger partial charge in [0.1, 0.15) is 0 Å². The molecule has 8 rings (SSSR count). The smallest absolute Gasteiger partial charge is 0.0541 e. The number of aromatic nitrogens is 2. The Morgan fingerprint density at radius 2 is 0.978 bits per heavy atom. The van der Waals surface area contributed by atoms with E-state index in [1.165, 1.54) is 71.6 Å². The molecule has 0 radical (unpaired) electrons. The fourth-order valence-electron chi connectivity index (χ4n) is 6.49. The lowest BCUT2D eigenvalue weighted by atomic mass is 9.86. The Balaban J connectivity index is 0.000000169. The van der Waals surface area contributed by atoms with Crippen molar-refractivity contribution < 1.29 is 0 Å². The predicted molar refractivity (Wildman–Crippen MR) is 199 cm³/mol. The molecule has 2 nitrogen and oxygen atoms in total. The molecular formula is C44H42N2. The van der Waals surface area contributed by atoms with Crippen LogP contribution in [0.5, 0.6) is 0 Å². The van der Waals surface area contributed by atoms with Gasteiger partial charge in [-0.05, 0) is 81.6 Å². The number of rotatable bonds is 2. The van der Waals surface area contributed by atoms with Gasteiger partial charge in [-0.2, -0.15) is 0 Å². The lowest BCUT2D eigenvalue weighted by molar-refractivity contribution is 0.591. The summed E-state index contributed by atoms with van der Waals surface area (Å²) in [7, 11) is 0. The minimum Gasteiger partial charge on any atom is -0.355 e. The molecule has 8 aromatic rings. The van der Waals surface area contributed by atoms with E-state index in [1.807, 2.05) is 0 Å². The largest absolute Gasteiger partial charge is 0.355 e. The molecule has 0 unspecified atom stereocenters. The number of H-pyrrole nitrogens is 1. The predicted octanol–water partition coefficient (Wildman–Crippen LogP) is 12.4. The zero-order chi connectivity index (χ0) is 32.1. The van der Waals surface area contributed by atoms with E-state index in [0.29, 0.717) is 0 Å². The Bertz CT molecular complexity index is 2320. The van der Waals surface area contributed by atoms with E-state index < -0.39 is 0 Å². The average Bonchev–Trinajstić information content (AvgIpc) is 3.60. The highest BCUT2D eigenvalue weighted by molar-refractivity contribution is 6.10. The van der Waals surface area contributed by atoms with Gasteiger partial charge < -0.3 is 9.55 Å². The van der Waals surface area contributed by atoms with Crippen LogP contribution < -0.4 is 0 Å². The van der Waals surface area contributed by atoms with Crippen molar-refractivity contribution in [1.82, 2.24) is 9.55 Å². The van der Waals surface area contributed by atoms with Gasteiger partial charge in [0.2, 0.25) is 0 Å². The lowest BCUT2D eigenvalue weighted by Crippen LogP contribution is -2.10. The van der Waals surface area contributed by atoms with Crippen molar-refractivity contribution >= 4 is 43.6 Å². The van der Waals surface area contributed by atoms with Gasteiger partial charge in [-0.25, -0.2) is 0 Å². The second-order valence-corrected chi connectivity index (χ2v) is 14.4. The molecule has 46 heavy (non-hydrogen) atoms. The van der Waals surface area contributed by atoms with Gasteiger partial charge >= 0.3 is 0 Å². The lowest BCUT2D eigenvalue weighted by Gasteiger charge is -2.19. The standard InChI is InChI=1S/C28H25N.C16H17N/c1-28(2,3)22-16-17-27-25(19-22)24-14-7-8-15-26(24)29(27)23-13-9-12-21(18-23)20-10-5-4-6-11-20;1-16(2,3)11-8-9-15-13(10-11)12-6-4-5-7-14(12)17-15/h4-19H,1-3H3;4-10,17H,1-3H3. The van der Waals surface area contributed by atoms with Crippen molar-refractivity contribution in [2.45, 2.75) is 52.4 Å². The normalized spacial score (nSPS) is 12.1. The molecule has 228 valence electrons. The van der Waals surface area contributed by atoms with Gasteiger partial charge in [-0.1, -0.05) is 133 Å². The molecule has 2 heteroatoms. The maximum Gasteiger partial charge on any atom is 0.0541 e. The summed E-state index contributed by atoms with van der Waals surface area (Å²) < 4.78 is 2.39. The highest BCUT2D eigenvalue weighted by atomic mass is 15.0. The SMILES string of the molecule is CC(C)(C)c1ccc2[nH]c3ccccc3c2c1.CC(C)(C)c1ccc2c(c1)c1ccccc1n2-c1cccc(-c2ccccc2)c1. The molecule has 2 heterocycles. The fraction of sp³-hybridized carbons (Fsp3) is 0.182. The van der Waals surface area contributed by atoms with Gasteiger partial charge in [0.05, 0.1) is 11.0 Å². The van der Waals surface area contributed by atoms with Crippen molar-refractivity contribution in [1.29, 1.82) is 0 Å². The van der Waals surface area contributed by atoms with E-state index >= 15 is 0 Å². The van der Waals surface area contributed by atoms with E-state index in [0.717, 1.165) is 0 Å². The van der Waals surface area contributed by atoms with Crippen LogP contribution in [0.4, 0.5) is 0 Å². The molecule has 0 spiro atoms. The Labute approximate surface area is 272 Å². The summed E-state index contributed by atoms with van der Waals surface area (Å²) in [6, 6.07) is 50.3. The minimum atomic E-state index is 0.130. The van der Waals surface area contributed by atoms with Crippen LogP contribution in [0, 0.1) is 0 Å². The van der Waals surface area contributed by atoms with E-state index in [9.17, 15) is 0 Å². The maximum atomic E-state index is 3.46. The number of fused-ring (bicyclic) bond motifs is 6. The molecule has 0 atom stereocenters. The Kier molecular flexibility index (Phi) is 7.32. The van der Waals surface area contributed by atoms with Gasteiger partial charge in [0, 0.05) is 38.3 Å². The van der Waals surface area contributed by atoms with Crippen LogP contribution in [0.25, 0.3) is 60.4 Å². The summed E-state index contributed by atoms with van der Waals surface area (Å²) >= 11 is 0. The van der Waals surface area contributed by atoms with Gasteiger partial charge in [-0.3, -0.25) is 0 Å². The number of hydrogen-bond acceptors (Lipinski definition) is 0. The van der Waals surface area contributed by atoms with Gasteiger partial charge in [0.25, 0.3) is 0 Å². The first kappa shape index (κ1) is 29.6. The summed E-state index contributed by atoms with van der Waals surface area (Å²) in [5.41, 5.74) is 11.7. The molecular weight excluding hydrogens is 556 g/mol. The van der Waals surface area contributed by atoms with Crippen LogP contribution in [0.2, 0.25) is 0 Å². The second-order valence-electron chi connectivity index (χ2n) is 14.4. The van der Waals surface area contributed by atoms with Crippen molar-refractivity contribution in [3.8, 4) is 16.8 Å². The third-order valence-corrected chi connectivity index (χ3v) is 9.12. The van der Waals surface area contributed by atoms with Crippen LogP contribution in [0.1, 0.15) is 52.7 Å². The zero-order valence-electron chi connectivity index (χ0n) is 27.7. The van der Waals surface area contributed by atoms with Crippen LogP contribution in [-0.2, 0) is 10.8 Å². The number of benzene rings is 6. The highest BCUT2D eigenvalue weighted by Crippen LogP contribution is 2.36. The van der Waals surface area contributed by atoms with E-state index in [4.69, 9.17) is 0 Å². The number of nitrogens with zero attached hydrogens (tertiary/aromatic N) is 1. The first-order valence-corrected chi connectivity index (χ1v) is 16.3. The van der Waals surface area contributed by atoms with Crippen molar-refractivity contribution in [2.24, 2.45) is 0 Å². The zero-order valence-corrected chi connectivity index (χ0v) is 27.7. The first-order valence-electron chi connectivity index (χ1n) is 16.3. The highest BCUT2D eigenvalue weighted by Gasteiger charge is 2.18. The van der Waals surface area contributed by atoms with Crippen LogP contribution in [-0.4, -0.2) is 9.55 Å². The average molecular weight is 599 g/mol. The third kappa shape index (κ3) is 5.49. The van der Waals surface area contributed by atoms with Crippen LogP contribution >= 0.6 is 0 Å². The monoisotopic (exact) mass is 598 g/mol. The number of nitrogens with one attached hydrogen (secondary N) is 1. The van der Waals surface area contributed by atoms with Gasteiger partial charge in [-0.15, -0.1) is 0 Å². The van der Waals surface area contributed by atoms with Crippen molar-refractivity contribution in [3.63, 3.8) is 0 Å². The van der Waals surface area contributed by atoms with Crippen molar-refractivity contribution in [2.75, 3.05) is 0 Å².